The second kappa shape index (κ2) is 4.93. The quantitative estimate of drug-likeness (QED) is 0.807. The van der Waals surface area contributed by atoms with E-state index in [1.165, 1.54) is 7.11 Å². The summed E-state index contributed by atoms with van der Waals surface area (Å²) < 4.78 is 4.60. The molecule has 2 aromatic rings. The van der Waals surface area contributed by atoms with Gasteiger partial charge in [-0.1, -0.05) is 12.1 Å². The lowest BCUT2D eigenvalue weighted by atomic mass is 10.0. The largest absolute Gasteiger partial charge is 0.468 e. The van der Waals surface area contributed by atoms with E-state index in [0.717, 1.165) is 16.5 Å². The smallest absolute Gasteiger partial charge is 0.322 e. The number of nitrogens with zero attached hydrogens (tertiary/aromatic N) is 1. The van der Waals surface area contributed by atoms with Crippen LogP contribution in [0.25, 0.3) is 10.9 Å². The summed E-state index contributed by atoms with van der Waals surface area (Å²) in [6.45, 7) is 0. The third-order valence-electron chi connectivity index (χ3n) is 2.63. The molecule has 1 heterocycles. The molecular formula is C13H14N2O2. The van der Waals surface area contributed by atoms with Gasteiger partial charge in [-0.15, -0.1) is 0 Å². The molecule has 0 radical (unpaired) electrons. The van der Waals surface area contributed by atoms with Crippen molar-refractivity contribution in [2.75, 3.05) is 7.11 Å². The van der Waals surface area contributed by atoms with Crippen molar-refractivity contribution in [3.8, 4) is 0 Å². The maximum absolute atomic E-state index is 11.2. The summed E-state index contributed by atoms with van der Waals surface area (Å²) in [6.07, 6.45) is 2.22. The molecular weight excluding hydrogens is 216 g/mol. The van der Waals surface area contributed by atoms with E-state index in [9.17, 15) is 4.79 Å². The standard InChI is InChI=1S/C13H14N2O2/c1-17-13(16)11(14)8-9-4-5-12-10(7-9)3-2-6-15-12/h2-7,11H,8,14H2,1H3/t11-/m0/s1. The molecule has 0 aliphatic rings. The number of carbonyl (C=O) groups is 1. The van der Waals surface area contributed by atoms with Gasteiger partial charge in [-0.05, 0) is 30.2 Å². The van der Waals surface area contributed by atoms with Crippen molar-refractivity contribution in [2.45, 2.75) is 12.5 Å². The highest BCUT2D eigenvalue weighted by Gasteiger charge is 2.14. The summed E-state index contributed by atoms with van der Waals surface area (Å²) in [5.74, 6) is -0.392. The molecule has 4 heteroatoms. The Balaban J connectivity index is 2.22. The molecule has 0 saturated heterocycles. The minimum atomic E-state index is -0.617. The van der Waals surface area contributed by atoms with Gasteiger partial charge in [0.15, 0.2) is 0 Å². The fourth-order valence-electron chi connectivity index (χ4n) is 1.74. The van der Waals surface area contributed by atoms with E-state index in [2.05, 4.69) is 9.72 Å². The minimum absolute atomic E-state index is 0.392. The van der Waals surface area contributed by atoms with Crippen LogP contribution in [0.5, 0.6) is 0 Å². The Kier molecular flexibility index (Phi) is 3.35. The number of esters is 1. The maximum Gasteiger partial charge on any atom is 0.322 e. The summed E-state index contributed by atoms with van der Waals surface area (Å²) in [6, 6.07) is 9.09. The third-order valence-corrected chi connectivity index (χ3v) is 2.63. The van der Waals surface area contributed by atoms with Crippen LogP contribution in [0.4, 0.5) is 0 Å². The molecule has 0 saturated carbocycles. The molecule has 1 aromatic carbocycles. The lowest BCUT2D eigenvalue weighted by molar-refractivity contribution is -0.142. The van der Waals surface area contributed by atoms with Gasteiger partial charge in [-0.2, -0.15) is 0 Å². The van der Waals surface area contributed by atoms with Crippen LogP contribution in [0.2, 0.25) is 0 Å². The molecule has 2 rings (SSSR count). The molecule has 0 bridgehead atoms. The topological polar surface area (TPSA) is 65.2 Å². The first-order chi connectivity index (χ1) is 8.20. The number of hydrogen-bond donors (Lipinski definition) is 1. The molecule has 1 aromatic heterocycles. The second-order valence-corrected chi connectivity index (χ2v) is 3.86. The minimum Gasteiger partial charge on any atom is -0.468 e. The van der Waals surface area contributed by atoms with Crippen molar-refractivity contribution in [2.24, 2.45) is 5.73 Å². The van der Waals surface area contributed by atoms with Gasteiger partial charge in [0.2, 0.25) is 0 Å². The molecule has 0 aliphatic heterocycles. The first kappa shape index (κ1) is 11.5. The van der Waals surface area contributed by atoms with Crippen molar-refractivity contribution >= 4 is 16.9 Å². The first-order valence-electron chi connectivity index (χ1n) is 5.38. The SMILES string of the molecule is COC(=O)[C@@H](N)Cc1ccc2ncccc2c1. The summed E-state index contributed by atoms with van der Waals surface area (Å²) in [4.78, 5) is 15.5. The predicted molar refractivity (Wildman–Crippen MR) is 65.4 cm³/mol. The van der Waals surface area contributed by atoms with Crippen LogP contribution in [0, 0.1) is 0 Å². The Bertz CT molecular complexity index is 540. The Morgan fingerprint density at radius 1 is 1.47 bits per heavy atom. The fourth-order valence-corrected chi connectivity index (χ4v) is 1.74. The zero-order valence-electron chi connectivity index (χ0n) is 9.59. The highest BCUT2D eigenvalue weighted by Crippen LogP contribution is 2.14. The summed E-state index contributed by atoms with van der Waals surface area (Å²) in [5, 5.41) is 1.04. The average molecular weight is 230 g/mol. The van der Waals surface area contributed by atoms with Crippen molar-refractivity contribution in [3.63, 3.8) is 0 Å². The molecule has 0 unspecified atom stereocenters. The van der Waals surface area contributed by atoms with E-state index >= 15 is 0 Å². The number of methoxy groups -OCH3 is 1. The molecule has 0 aliphatic carbocycles. The zero-order valence-corrected chi connectivity index (χ0v) is 9.59. The van der Waals surface area contributed by atoms with Crippen LogP contribution in [-0.4, -0.2) is 24.1 Å². The number of rotatable bonds is 3. The number of fused-ring (bicyclic) bond motifs is 1. The third kappa shape index (κ3) is 2.60. The van der Waals surface area contributed by atoms with E-state index in [-0.39, 0.29) is 0 Å². The number of nitrogens with two attached hydrogens (primary N) is 1. The highest BCUT2D eigenvalue weighted by atomic mass is 16.5. The van der Waals surface area contributed by atoms with Crippen LogP contribution in [-0.2, 0) is 16.0 Å². The summed E-state index contributed by atoms with van der Waals surface area (Å²) in [7, 11) is 1.34. The molecule has 2 N–H and O–H groups in total. The van der Waals surface area contributed by atoms with Gasteiger partial charge in [0.25, 0.3) is 0 Å². The second-order valence-electron chi connectivity index (χ2n) is 3.86. The van der Waals surface area contributed by atoms with Crippen molar-refractivity contribution in [1.29, 1.82) is 0 Å². The van der Waals surface area contributed by atoms with Gasteiger partial charge >= 0.3 is 5.97 Å². The first-order valence-corrected chi connectivity index (χ1v) is 5.38. The molecule has 4 nitrogen and oxygen atoms in total. The lowest BCUT2D eigenvalue weighted by Crippen LogP contribution is -2.33. The van der Waals surface area contributed by atoms with Crippen molar-refractivity contribution < 1.29 is 9.53 Å². The van der Waals surface area contributed by atoms with E-state index in [0.29, 0.717) is 6.42 Å². The Morgan fingerprint density at radius 2 is 2.29 bits per heavy atom. The van der Waals surface area contributed by atoms with Gasteiger partial charge in [-0.3, -0.25) is 9.78 Å². The van der Waals surface area contributed by atoms with Crippen LogP contribution in [0.3, 0.4) is 0 Å². The van der Waals surface area contributed by atoms with Crippen LogP contribution < -0.4 is 5.73 Å². The zero-order chi connectivity index (χ0) is 12.3. The predicted octanol–water partition coefficient (Wildman–Crippen LogP) is 1.28. The van der Waals surface area contributed by atoms with Crippen molar-refractivity contribution in [1.82, 2.24) is 4.98 Å². The lowest BCUT2D eigenvalue weighted by Gasteiger charge is -2.09. The van der Waals surface area contributed by atoms with Crippen LogP contribution >= 0.6 is 0 Å². The Labute approximate surface area is 99.4 Å². The number of ether oxygens (including phenoxy) is 1. The number of benzene rings is 1. The van der Waals surface area contributed by atoms with E-state index in [1.54, 1.807) is 6.20 Å². The van der Waals surface area contributed by atoms with Gasteiger partial charge in [0.1, 0.15) is 6.04 Å². The molecule has 17 heavy (non-hydrogen) atoms. The average Bonchev–Trinajstić information content (AvgIpc) is 2.37. The molecule has 0 fully saturated rings. The number of pyridine rings is 1. The summed E-state index contributed by atoms with van der Waals surface area (Å²) >= 11 is 0. The number of hydrogen-bond acceptors (Lipinski definition) is 4. The van der Waals surface area contributed by atoms with E-state index < -0.39 is 12.0 Å². The molecule has 88 valence electrons. The van der Waals surface area contributed by atoms with Crippen LogP contribution in [0.15, 0.2) is 36.5 Å². The van der Waals surface area contributed by atoms with Gasteiger partial charge in [0, 0.05) is 11.6 Å². The van der Waals surface area contributed by atoms with E-state index in [1.807, 2.05) is 30.3 Å². The Hall–Kier alpha value is -1.94. The van der Waals surface area contributed by atoms with Crippen LogP contribution in [0.1, 0.15) is 5.56 Å². The van der Waals surface area contributed by atoms with Gasteiger partial charge in [-0.25, -0.2) is 0 Å². The molecule has 0 amide bonds. The number of carbonyl (C=O) groups excluding carboxylic acids is 1. The molecule has 0 spiro atoms. The van der Waals surface area contributed by atoms with Gasteiger partial charge in [0.05, 0.1) is 12.6 Å². The van der Waals surface area contributed by atoms with E-state index in [4.69, 9.17) is 5.73 Å². The normalized spacial score (nSPS) is 12.4. The maximum atomic E-state index is 11.2. The highest BCUT2D eigenvalue weighted by molar-refractivity contribution is 5.80. The van der Waals surface area contributed by atoms with Gasteiger partial charge < -0.3 is 10.5 Å². The monoisotopic (exact) mass is 230 g/mol. The molecule has 1 atom stereocenters. The fraction of sp³-hybridized carbons (Fsp3) is 0.231. The number of aromatic nitrogens is 1. The summed E-state index contributed by atoms with van der Waals surface area (Å²) in [5.41, 5.74) is 7.65. The van der Waals surface area contributed by atoms with Crippen molar-refractivity contribution in [3.05, 3.63) is 42.1 Å². The Morgan fingerprint density at radius 3 is 3.06 bits per heavy atom.